The van der Waals surface area contributed by atoms with Crippen LogP contribution in [0, 0.1) is 0 Å². The van der Waals surface area contributed by atoms with Crippen molar-refractivity contribution in [3.63, 3.8) is 0 Å². The maximum atomic E-state index is 13.5. The molecule has 176 valence electrons. The quantitative estimate of drug-likeness (QED) is 0.543. The second-order valence-electron chi connectivity index (χ2n) is 10.2. The van der Waals surface area contributed by atoms with Gasteiger partial charge in [-0.25, -0.2) is 4.39 Å². The molecule has 0 bridgehead atoms. The number of nitrogens with one attached hydrogen (secondary N) is 1. The van der Waals surface area contributed by atoms with E-state index >= 15 is 0 Å². The Morgan fingerprint density at radius 3 is 2.36 bits per heavy atom. The van der Waals surface area contributed by atoms with Gasteiger partial charge in [0.25, 0.3) is 0 Å². The van der Waals surface area contributed by atoms with Gasteiger partial charge in [-0.2, -0.15) is 0 Å². The molecule has 1 aliphatic heterocycles. The van der Waals surface area contributed by atoms with Gasteiger partial charge in [-0.3, -0.25) is 0 Å². The Hall–Kier alpha value is -2.93. The summed E-state index contributed by atoms with van der Waals surface area (Å²) in [5.74, 6) is 1.51. The molecule has 7 heteroatoms. The lowest BCUT2D eigenvalue weighted by Gasteiger charge is -2.49. The first-order valence-corrected chi connectivity index (χ1v) is 11.4. The number of benzene rings is 2. The normalized spacial score (nSPS) is 17.8. The van der Waals surface area contributed by atoms with Crippen LogP contribution in [0.1, 0.15) is 40.5 Å². The molecule has 2 N–H and O–H groups in total. The molecule has 0 unspecified atom stereocenters. The van der Waals surface area contributed by atoms with E-state index in [0.29, 0.717) is 17.1 Å². The van der Waals surface area contributed by atoms with E-state index in [2.05, 4.69) is 43.2 Å². The second kappa shape index (κ2) is 8.78. The molecule has 0 saturated carbocycles. The molecule has 2 heterocycles. The minimum atomic E-state index is -0.455. The molecular weight excluding hydrogens is 419 g/mol. The summed E-state index contributed by atoms with van der Waals surface area (Å²) < 4.78 is 18.8. The van der Waals surface area contributed by atoms with Gasteiger partial charge >= 0.3 is 0 Å². The summed E-state index contributed by atoms with van der Waals surface area (Å²) in [5.41, 5.74) is 1.05. The standard InChI is InChI=1S/C26H33FN4O2/c1-25(2)15-19(16-26(3,4)30-25)31(11-10-27)24-9-8-22(28-29-24)21-13-17-6-7-20(33-5)12-18(17)14-23(21)32/h6-9,12-14,19,30,32H,10-11,15-16H2,1-5H3. The van der Waals surface area contributed by atoms with E-state index < -0.39 is 6.67 Å². The summed E-state index contributed by atoms with van der Waals surface area (Å²) in [6, 6.07) is 13.2. The number of nitrogens with zero attached hydrogens (tertiary/aromatic N) is 3. The molecule has 4 rings (SSSR count). The summed E-state index contributed by atoms with van der Waals surface area (Å²) in [5, 5.41) is 25.0. The predicted octanol–water partition coefficient (Wildman–Crippen LogP) is 5.10. The van der Waals surface area contributed by atoms with Crippen LogP contribution >= 0.6 is 0 Å². The van der Waals surface area contributed by atoms with Crippen LogP contribution < -0.4 is 15.0 Å². The van der Waals surface area contributed by atoms with Crippen LogP contribution in [0.15, 0.2) is 42.5 Å². The van der Waals surface area contributed by atoms with Crippen molar-refractivity contribution in [2.75, 3.05) is 25.2 Å². The third-order valence-corrected chi connectivity index (χ3v) is 6.32. The zero-order valence-electron chi connectivity index (χ0n) is 20.0. The molecule has 33 heavy (non-hydrogen) atoms. The van der Waals surface area contributed by atoms with Gasteiger partial charge in [0.1, 0.15) is 18.2 Å². The Bertz CT molecular complexity index is 1120. The smallest absolute Gasteiger partial charge is 0.151 e. The lowest BCUT2D eigenvalue weighted by atomic mass is 9.79. The van der Waals surface area contributed by atoms with Crippen molar-refractivity contribution in [1.82, 2.24) is 15.5 Å². The fourth-order valence-electron chi connectivity index (χ4n) is 5.28. The number of rotatable bonds is 6. The van der Waals surface area contributed by atoms with E-state index in [1.54, 1.807) is 13.2 Å². The van der Waals surface area contributed by atoms with Crippen molar-refractivity contribution in [1.29, 1.82) is 0 Å². The molecular formula is C26H33FN4O2. The average Bonchev–Trinajstić information content (AvgIpc) is 2.74. The Morgan fingerprint density at radius 1 is 1.03 bits per heavy atom. The highest BCUT2D eigenvalue weighted by Gasteiger charge is 2.40. The number of aromatic nitrogens is 2. The largest absolute Gasteiger partial charge is 0.507 e. The average molecular weight is 453 g/mol. The zero-order chi connectivity index (χ0) is 23.8. The Balaban J connectivity index is 1.64. The van der Waals surface area contributed by atoms with Crippen LogP contribution in [0.2, 0.25) is 0 Å². The Morgan fingerprint density at radius 2 is 1.76 bits per heavy atom. The summed E-state index contributed by atoms with van der Waals surface area (Å²) in [6.45, 7) is 8.54. The van der Waals surface area contributed by atoms with Crippen molar-refractivity contribution in [2.24, 2.45) is 0 Å². The highest BCUT2D eigenvalue weighted by Crippen LogP contribution is 2.36. The molecule has 0 amide bonds. The number of hydrogen-bond donors (Lipinski definition) is 2. The fraction of sp³-hybridized carbons (Fsp3) is 0.462. The molecule has 0 radical (unpaired) electrons. The maximum Gasteiger partial charge on any atom is 0.151 e. The minimum absolute atomic E-state index is 0.0616. The summed E-state index contributed by atoms with van der Waals surface area (Å²) in [6.07, 6.45) is 1.77. The molecule has 0 atom stereocenters. The van der Waals surface area contributed by atoms with Crippen molar-refractivity contribution in [3.8, 4) is 22.8 Å². The highest BCUT2D eigenvalue weighted by atomic mass is 19.1. The lowest BCUT2D eigenvalue weighted by Crippen LogP contribution is -2.62. The number of halogens is 1. The summed E-state index contributed by atoms with van der Waals surface area (Å²) in [7, 11) is 1.62. The molecule has 6 nitrogen and oxygen atoms in total. The van der Waals surface area contributed by atoms with E-state index in [4.69, 9.17) is 4.74 Å². The molecule has 0 spiro atoms. The molecule has 0 aliphatic carbocycles. The molecule has 1 fully saturated rings. The van der Waals surface area contributed by atoms with Crippen LogP contribution in [0.5, 0.6) is 11.5 Å². The number of alkyl halides is 1. The summed E-state index contributed by atoms with van der Waals surface area (Å²) >= 11 is 0. The first-order chi connectivity index (χ1) is 15.6. The number of piperidine rings is 1. The first kappa shape index (κ1) is 23.2. The maximum absolute atomic E-state index is 13.5. The van der Waals surface area contributed by atoms with E-state index in [9.17, 15) is 9.50 Å². The number of methoxy groups -OCH3 is 1. The first-order valence-electron chi connectivity index (χ1n) is 11.4. The van der Waals surface area contributed by atoms with Crippen LogP contribution in [0.3, 0.4) is 0 Å². The minimum Gasteiger partial charge on any atom is -0.507 e. The van der Waals surface area contributed by atoms with Gasteiger partial charge in [0.2, 0.25) is 0 Å². The van der Waals surface area contributed by atoms with Gasteiger partial charge in [-0.1, -0.05) is 6.07 Å². The third-order valence-electron chi connectivity index (χ3n) is 6.32. The SMILES string of the molecule is COc1ccc2cc(-c3ccc(N(CCF)C4CC(C)(C)NC(C)(C)C4)nn3)c(O)cc2c1. The monoisotopic (exact) mass is 452 g/mol. The lowest BCUT2D eigenvalue weighted by molar-refractivity contribution is 0.157. The fourth-order valence-corrected chi connectivity index (χ4v) is 5.28. The van der Waals surface area contributed by atoms with Crippen LogP contribution in [-0.4, -0.2) is 52.8 Å². The van der Waals surface area contributed by atoms with Crippen molar-refractivity contribution >= 4 is 16.6 Å². The summed E-state index contributed by atoms with van der Waals surface area (Å²) in [4.78, 5) is 2.04. The zero-order valence-corrected chi connectivity index (χ0v) is 20.0. The van der Waals surface area contributed by atoms with E-state index in [-0.39, 0.29) is 29.4 Å². The topological polar surface area (TPSA) is 70.5 Å². The molecule has 1 saturated heterocycles. The number of phenols is 1. The van der Waals surface area contributed by atoms with Gasteiger partial charge in [0, 0.05) is 29.2 Å². The Labute approximate surface area is 194 Å². The van der Waals surface area contributed by atoms with Crippen molar-refractivity contribution in [2.45, 2.75) is 57.7 Å². The van der Waals surface area contributed by atoms with Gasteiger partial charge < -0.3 is 20.1 Å². The number of fused-ring (bicyclic) bond motifs is 1. The highest BCUT2D eigenvalue weighted by molar-refractivity contribution is 5.90. The van der Waals surface area contributed by atoms with E-state index in [1.165, 1.54) is 0 Å². The third kappa shape index (κ3) is 5.03. The van der Waals surface area contributed by atoms with Crippen molar-refractivity contribution in [3.05, 3.63) is 42.5 Å². The number of phenolic OH excluding ortho intramolecular Hbond substituents is 1. The molecule has 1 aromatic heterocycles. The van der Waals surface area contributed by atoms with Gasteiger partial charge in [0.05, 0.1) is 12.8 Å². The van der Waals surface area contributed by atoms with E-state index in [1.807, 2.05) is 41.3 Å². The number of aromatic hydroxyl groups is 1. The number of hydrogen-bond acceptors (Lipinski definition) is 6. The van der Waals surface area contributed by atoms with Gasteiger partial charge in [-0.15, -0.1) is 10.2 Å². The second-order valence-corrected chi connectivity index (χ2v) is 10.2. The molecule has 1 aliphatic rings. The van der Waals surface area contributed by atoms with Crippen LogP contribution in [0.4, 0.5) is 10.2 Å². The van der Waals surface area contributed by atoms with Gasteiger partial charge in [-0.05, 0) is 87.7 Å². The van der Waals surface area contributed by atoms with E-state index in [0.717, 1.165) is 29.4 Å². The molecule has 2 aromatic carbocycles. The molecule has 3 aromatic rings. The van der Waals surface area contributed by atoms with Crippen LogP contribution in [-0.2, 0) is 0 Å². The number of anilines is 1. The van der Waals surface area contributed by atoms with Gasteiger partial charge in [0.15, 0.2) is 5.82 Å². The van der Waals surface area contributed by atoms with Crippen molar-refractivity contribution < 1.29 is 14.2 Å². The Kier molecular flexibility index (Phi) is 6.18. The predicted molar refractivity (Wildman–Crippen MR) is 131 cm³/mol. The van der Waals surface area contributed by atoms with Crippen LogP contribution in [0.25, 0.3) is 22.0 Å². The number of ether oxygens (including phenoxy) is 1.